The van der Waals surface area contributed by atoms with E-state index in [-0.39, 0.29) is 18.2 Å². The van der Waals surface area contributed by atoms with Gasteiger partial charge in [-0.3, -0.25) is 4.79 Å². The summed E-state index contributed by atoms with van der Waals surface area (Å²) in [7, 11) is 1.64. The van der Waals surface area contributed by atoms with Gasteiger partial charge in [-0.2, -0.15) is 0 Å². The van der Waals surface area contributed by atoms with Crippen LogP contribution < -0.4 is 0 Å². The second kappa shape index (κ2) is 7.67. The Balaban J connectivity index is 3.84. The molecule has 4 nitrogen and oxygen atoms in total. The van der Waals surface area contributed by atoms with Crippen LogP contribution in [0.3, 0.4) is 0 Å². The minimum absolute atomic E-state index is 0.0558. The summed E-state index contributed by atoms with van der Waals surface area (Å²) >= 11 is 0. The first-order valence-electron chi connectivity index (χ1n) is 6.15. The number of methoxy groups -OCH3 is 1. The molecule has 0 aliphatic carbocycles. The van der Waals surface area contributed by atoms with Crippen molar-refractivity contribution in [2.45, 2.75) is 53.2 Å². The van der Waals surface area contributed by atoms with E-state index in [1.54, 1.807) is 7.11 Å². The van der Waals surface area contributed by atoms with Gasteiger partial charge in [-0.15, -0.1) is 0 Å². The van der Waals surface area contributed by atoms with E-state index in [0.29, 0.717) is 13.2 Å². The van der Waals surface area contributed by atoms with E-state index < -0.39 is 5.41 Å². The number of rotatable bonds is 8. The Hall–Kier alpha value is -0.610. The van der Waals surface area contributed by atoms with Crippen molar-refractivity contribution in [2.24, 2.45) is 5.41 Å². The van der Waals surface area contributed by atoms with Crippen LogP contribution in [0.1, 0.15) is 41.0 Å². The molecule has 0 N–H and O–H groups in total. The Labute approximate surface area is 105 Å². The van der Waals surface area contributed by atoms with Crippen molar-refractivity contribution in [1.82, 2.24) is 0 Å². The normalized spacial score (nSPS) is 15.4. The van der Waals surface area contributed by atoms with Gasteiger partial charge < -0.3 is 14.2 Å². The fourth-order valence-electron chi connectivity index (χ4n) is 0.949. The summed E-state index contributed by atoms with van der Waals surface area (Å²) < 4.78 is 15.8. The van der Waals surface area contributed by atoms with Crippen LogP contribution in [-0.4, -0.2) is 38.5 Å². The number of esters is 1. The van der Waals surface area contributed by atoms with Crippen LogP contribution in [0.4, 0.5) is 0 Å². The number of carbonyl (C=O) groups excluding carboxylic acids is 1. The second-order valence-corrected chi connectivity index (χ2v) is 5.03. The fourth-order valence-corrected chi connectivity index (χ4v) is 0.949. The van der Waals surface area contributed by atoms with E-state index in [2.05, 4.69) is 0 Å². The Morgan fingerprint density at radius 3 is 2.24 bits per heavy atom. The minimum atomic E-state index is -0.417. The molecule has 0 fully saturated rings. The Morgan fingerprint density at radius 1 is 1.18 bits per heavy atom. The zero-order valence-electron chi connectivity index (χ0n) is 11.9. The van der Waals surface area contributed by atoms with Gasteiger partial charge in [-0.1, -0.05) is 6.92 Å². The SMILES string of the molecule is CCC(C)(C)C(=O)OCC(C)OCC(C)OC. The minimum Gasteiger partial charge on any atom is -0.463 e. The molecule has 17 heavy (non-hydrogen) atoms. The van der Waals surface area contributed by atoms with Crippen molar-refractivity contribution in [2.75, 3.05) is 20.3 Å². The number of hydrogen-bond donors (Lipinski definition) is 0. The van der Waals surface area contributed by atoms with Crippen LogP contribution in [0, 0.1) is 5.41 Å². The topological polar surface area (TPSA) is 44.8 Å². The predicted molar refractivity (Wildman–Crippen MR) is 66.9 cm³/mol. The van der Waals surface area contributed by atoms with E-state index in [1.165, 1.54) is 0 Å². The van der Waals surface area contributed by atoms with Crippen molar-refractivity contribution in [3.63, 3.8) is 0 Å². The molecule has 0 saturated carbocycles. The van der Waals surface area contributed by atoms with Crippen molar-refractivity contribution in [3.8, 4) is 0 Å². The van der Waals surface area contributed by atoms with Crippen molar-refractivity contribution < 1.29 is 19.0 Å². The van der Waals surface area contributed by atoms with Gasteiger partial charge >= 0.3 is 5.97 Å². The highest BCUT2D eigenvalue weighted by atomic mass is 16.6. The molecule has 0 spiro atoms. The summed E-state index contributed by atoms with van der Waals surface area (Å²) in [6.45, 7) is 10.3. The summed E-state index contributed by atoms with van der Waals surface area (Å²) in [5, 5.41) is 0. The van der Waals surface area contributed by atoms with Crippen LogP contribution in [0.5, 0.6) is 0 Å². The lowest BCUT2D eigenvalue weighted by Gasteiger charge is -2.22. The highest BCUT2D eigenvalue weighted by Crippen LogP contribution is 2.21. The average Bonchev–Trinajstić information content (AvgIpc) is 2.32. The second-order valence-electron chi connectivity index (χ2n) is 5.03. The predicted octanol–water partition coefficient (Wildman–Crippen LogP) is 2.41. The molecule has 0 amide bonds. The van der Waals surface area contributed by atoms with Crippen molar-refractivity contribution in [1.29, 1.82) is 0 Å². The van der Waals surface area contributed by atoms with Crippen LogP contribution in [0.25, 0.3) is 0 Å². The molecule has 4 heteroatoms. The smallest absolute Gasteiger partial charge is 0.311 e. The maximum absolute atomic E-state index is 11.7. The lowest BCUT2D eigenvalue weighted by Crippen LogP contribution is -2.30. The van der Waals surface area contributed by atoms with Gasteiger partial charge in [0.05, 0.1) is 24.2 Å². The number of carbonyl (C=O) groups is 1. The van der Waals surface area contributed by atoms with Gasteiger partial charge in [-0.25, -0.2) is 0 Å². The number of hydrogen-bond acceptors (Lipinski definition) is 4. The van der Waals surface area contributed by atoms with E-state index in [4.69, 9.17) is 14.2 Å². The lowest BCUT2D eigenvalue weighted by atomic mass is 9.91. The molecule has 0 saturated heterocycles. The lowest BCUT2D eigenvalue weighted by molar-refractivity contribution is -0.158. The third kappa shape index (κ3) is 6.64. The van der Waals surface area contributed by atoms with Crippen LogP contribution in [-0.2, 0) is 19.0 Å². The zero-order chi connectivity index (χ0) is 13.5. The van der Waals surface area contributed by atoms with Gasteiger partial charge in [0.15, 0.2) is 0 Å². The Bertz CT molecular complexity index is 225. The number of ether oxygens (including phenoxy) is 3. The Morgan fingerprint density at radius 2 is 1.76 bits per heavy atom. The van der Waals surface area contributed by atoms with Crippen molar-refractivity contribution >= 4 is 5.97 Å². The molecule has 0 aliphatic rings. The van der Waals surface area contributed by atoms with Crippen LogP contribution >= 0.6 is 0 Å². The monoisotopic (exact) mass is 246 g/mol. The van der Waals surface area contributed by atoms with Gasteiger partial charge in [0.2, 0.25) is 0 Å². The van der Waals surface area contributed by atoms with Gasteiger partial charge in [0.25, 0.3) is 0 Å². The first kappa shape index (κ1) is 16.4. The molecule has 0 aliphatic heterocycles. The molecule has 0 radical (unpaired) electrons. The van der Waals surface area contributed by atoms with E-state index >= 15 is 0 Å². The van der Waals surface area contributed by atoms with Gasteiger partial charge in [0.1, 0.15) is 6.61 Å². The van der Waals surface area contributed by atoms with Crippen LogP contribution in [0.15, 0.2) is 0 Å². The summed E-state index contributed by atoms with van der Waals surface area (Å²) in [4.78, 5) is 11.7. The molecule has 0 heterocycles. The fraction of sp³-hybridized carbons (Fsp3) is 0.923. The molecule has 2 atom stereocenters. The largest absolute Gasteiger partial charge is 0.463 e. The van der Waals surface area contributed by atoms with Gasteiger partial charge in [0, 0.05) is 7.11 Å². The third-order valence-electron chi connectivity index (χ3n) is 2.90. The maximum atomic E-state index is 11.7. The van der Waals surface area contributed by atoms with E-state index in [0.717, 1.165) is 6.42 Å². The van der Waals surface area contributed by atoms with Gasteiger partial charge in [-0.05, 0) is 34.1 Å². The zero-order valence-corrected chi connectivity index (χ0v) is 11.9. The van der Waals surface area contributed by atoms with Crippen molar-refractivity contribution in [3.05, 3.63) is 0 Å². The molecule has 0 rings (SSSR count). The highest BCUT2D eigenvalue weighted by molar-refractivity contribution is 5.75. The van der Waals surface area contributed by atoms with E-state index in [9.17, 15) is 4.79 Å². The maximum Gasteiger partial charge on any atom is 0.311 e. The molecule has 0 aromatic carbocycles. The third-order valence-corrected chi connectivity index (χ3v) is 2.90. The van der Waals surface area contributed by atoms with Crippen LogP contribution in [0.2, 0.25) is 0 Å². The summed E-state index contributed by atoms with van der Waals surface area (Å²) in [5.74, 6) is -0.171. The standard InChI is InChI=1S/C13H26O4/c1-7-13(4,5)12(14)17-9-11(3)16-8-10(2)15-6/h10-11H,7-9H2,1-6H3. The first-order chi connectivity index (χ1) is 7.83. The molecule has 0 aromatic rings. The highest BCUT2D eigenvalue weighted by Gasteiger charge is 2.27. The first-order valence-corrected chi connectivity index (χ1v) is 6.15. The molecular formula is C13H26O4. The average molecular weight is 246 g/mol. The molecular weight excluding hydrogens is 220 g/mol. The molecule has 102 valence electrons. The molecule has 2 unspecified atom stereocenters. The quantitative estimate of drug-likeness (QED) is 0.617. The molecule has 0 aromatic heterocycles. The van der Waals surface area contributed by atoms with E-state index in [1.807, 2.05) is 34.6 Å². The summed E-state index contributed by atoms with van der Waals surface area (Å²) in [6, 6.07) is 0. The molecule has 0 bridgehead atoms. The summed E-state index contributed by atoms with van der Waals surface area (Å²) in [6.07, 6.45) is 0.714. The Kier molecular flexibility index (Phi) is 7.39. The summed E-state index contributed by atoms with van der Waals surface area (Å²) in [5.41, 5.74) is -0.417.